The van der Waals surface area contributed by atoms with Gasteiger partial charge in [-0.2, -0.15) is 0 Å². The summed E-state index contributed by atoms with van der Waals surface area (Å²) in [4.78, 5) is 11.5. The molecule has 0 amide bonds. The number of nitrogens with zero attached hydrogens (tertiary/aromatic N) is 3. The number of likely N-dealkylation sites (N-methyl/N-ethyl adjacent to an activating group) is 1. The lowest BCUT2D eigenvalue weighted by Gasteiger charge is -2.31. The molecular formula is C16H20N4. The molecule has 2 aromatic rings. The van der Waals surface area contributed by atoms with Gasteiger partial charge in [0.25, 0.3) is 0 Å². The van der Waals surface area contributed by atoms with Gasteiger partial charge >= 0.3 is 0 Å². The summed E-state index contributed by atoms with van der Waals surface area (Å²) in [5.41, 5.74) is 3.40. The number of aromatic nitrogens is 2. The van der Waals surface area contributed by atoms with E-state index in [-0.39, 0.29) is 6.04 Å². The zero-order valence-electron chi connectivity index (χ0n) is 12.0. The van der Waals surface area contributed by atoms with Crippen molar-refractivity contribution in [2.45, 2.75) is 13.0 Å². The molecule has 0 spiro atoms. The van der Waals surface area contributed by atoms with Crippen LogP contribution in [0, 0.1) is 6.92 Å². The number of hydrogen-bond donors (Lipinski definition) is 1. The molecule has 1 unspecified atom stereocenters. The monoisotopic (exact) mass is 268 g/mol. The van der Waals surface area contributed by atoms with Crippen LogP contribution in [-0.2, 0) is 0 Å². The molecular weight excluding hydrogens is 248 g/mol. The average Bonchev–Trinajstić information content (AvgIpc) is 2.49. The minimum atomic E-state index is 0.258. The first-order valence-corrected chi connectivity index (χ1v) is 7.05. The van der Waals surface area contributed by atoms with Crippen LogP contribution in [0.15, 0.2) is 36.5 Å². The van der Waals surface area contributed by atoms with Crippen LogP contribution in [0.2, 0.25) is 0 Å². The number of piperazine rings is 1. The van der Waals surface area contributed by atoms with Crippen molar-refractivity contribution in [2.75, 3.05) is 26.7 Å². The molecule has 1 aromatic heterocycles. The summed E-state index contributed by atoms with van der Waals surface area (Å²) >= 11 is 0. The molecule has 1 saturated heterocycles. The molecule has 1 aliphatic rings. The highest BCUT2D eigenvalue weighted by molar-refractivity contribution is 5.58. The third-order valence-corrected chi connectivity index (χ3v) is 3.83. The first kappa shape index (κ1) is 13.2. The Bertz CT molecular complexity index is 579. The first-order valence-electron chi connectivity index (χ1n) is 7.05. The predicted molar refractivity (Wildman–Crippen MR) is 80.4 cm³/mol. The Morgan fingerprint density at radius 3 is 2.75 bits per heavy atom. The fourth-order valence-corrected chi connectivity index (χ4v) is 2.51. The standard InChI is InChI=1S/C16H20N4/c1-12-3-5-13(6-4-12)14-7-8-18-16(19-14)15-11-17-9-10-20(15)2/h3-8,15,17H,9-11H2,1-2H3. The molecule has 0 saturated carbocycles. The molecule has 1 aliphatic heterocycles. The summed E-state index contributed by atoms with van der Waals surface area (Å²) in [5, 5.41) is 3.41. The van der Waals surface area contributed by atoms with Crippen molar-refractivity contribution < 1.29 is 0 Å². The second kappa shape index (κ2) is 5.69. The van der Waals surface area contributed by atoms with Crippen molar-refractivity contribution in [3.63, 3.8) is 0 Å². The summed E-state index contributed by atoms with van der Waals surface area (Å²) in [7, 11) is 2.13. The van der Waals surface area contributed by atoms with Gasteiger partial charge in [-0.3, -0.25) is 4.90 Å². The molecule has 1 aromatic carbocycles. The molecule has 0 aliphatic carbocycles. The zero-order valence-corrected chi connectivity index (χ0v) is 12.0. The summed E-state index contributed by atoms with van der Waals surface area (Å²) < 4.78 is 0. The minimum Gasteiger partial charge on any atom is -0.313 e. The van der Waals surface area contributed by atoms with Gasteiger partial charge in [-0.05, 0) is 20.0 Å². The van der Waals surface area contributed by atoms with Crippen molar-refractivity contribution in [3.05, 3.63) is 47.9 Å². The van der Waals surface area contributed by atoms with E-state index < -0.39 is 0 Å². The van der Waals surface area contributed by atoms with E-state index in [0.717, 1.165) is 36.7 Å². The van der Waals surface area contributed by atoms with Crippen molar-refractivity contribution in [1.82, 2.24) is 20.2 Å². The Balaban J connectivity index is 1.91. The maximum Gasteiger partial charge on any atom is 0.147 e. The average molecular weight is 268 g/mol. The van der Waals surface area contributed by atoms with Crippen LogP contribution in [0.3, 0.4) is 0 Å². The number of nitrogens with one attached hydrogen (secondary N) is 1. The third-order valence-electron chi connectivity index (χ3n) is 3.83. The van der Waals surface area contributed by atoms with Crippen molar-refractivity contribution >= 4 is 0 Å². The number of hydrogen-bond acceptors (Lipinski definition) is 4. The van der Waals surface area contributed by atoms with E-state index in [1.165, 1.54) is 5.56 Å². The fourth-order valence-electron chi connectivity index (χ4n) is 2.51. The molecule has 20 heavy (non-hydrogen) atoms. The predicted octanol–water partition coefficient (Wildman–Crippen LogP) is 2.03. The maximum absolute atomic E-state index is 4.75. The smallest absolute Gasteiger partial charge is 0.147 e. The molecule has 1 atom stereocenters. The van der Waals surface area contributed by atoms with Crippen LogP contribution in [0.4, 0.5) is 0 Å². The highest BCUT2D eigenvalue weighted by Crippen LogP contribution is 2.21. The zero-order chi connectivity index (χ0) is 13.9. The van der Waals surface area contributed by atoms with E-state index in [0.29, 0.717) is 0 Å². The lowest BCUT2D eigenvalue weighted by atomic mass is 10.1. The van der Waals surface area contributed by atoms with Gasteiger partial charge in [0.15, 0.2) is 0 Å². The molecule has 4 heteroatoms. The third kappa shape index (κ3) is 2.71. The Kier molecular flexibility index (Phi) is 3.76. The van der Waals surface area contributed by atoms with Crippen LogP contribution < -0.4 is 5.32 Å². The largest absolute Gasteiger partial charge is 0.313 e. The minimum absolute atomic E-state index is 0.258. The molecule has 0 radical (unpaired) electrons. The van der Waals surface area contributed by atoms with E-state index in [1.807, 2.05) is 12.3 Å². The summed E-state index contributed by atoms with van der Waals surface area (Å²) in [6, 6.07) is 10.7. The van der Waals surface area contributed by atoms with Crippen LogP contribution >= 0.6 is 0 Å². The summed E-state index contributed by atoms with van der Waals surface area (Å²) in [5.74, 6) is 0.901. The van der Waals surface area contributed by atoms with E-state index in [2.05, 4.69) is 53.4 Å². The Morgan fingerprint density at radius 1 is 1.20 bits per heavy atom. The van der Waals surface area contributed by atoms with Crippen LogP contribution in [-0.4, -0.2) is 41.5 Å². The van der Waals surface area contributed by atoms with Crippen LogP contribution in [0.1, 0.15) is 17.4 Å². The topological polar surface area (TPSA) is 41.1 Å². The van der Waals surface area contributed by atoms with Crippen LogP contribution in [0.25, 0.3) is 11.3 Å². The molecule has 4 nitrogen and oxygen atoms in total. The van der Waals surface area contributed by atoms with Gasteiger partial charge in [-0.15, -0.1) is 0 Å². The Morgan fingerprint density at radius 2 is 2.00 bits per heavy atom. The highest BCUT2D eigenvalue weighted by Gasteiger charge is 2.22. The van der Waals surface area contributed by atoms with Gasteiger partial charge in [-0.25, -0.2) is 9.97 Å². The summed E-state index contributed by atoms with van der Waals surface area (Å²) in [6.07, 6.45) is 1.86. The van der Waals surface area contributed by atoms with E-state index in [9.17, 15) is 0 Å². The molecule has 2 heterocycles. The Labute approximate surface area is 119 Å². The fraction of sp³-hybridized carbons (Fsp3) is 0.375. The number of benzene rings is 1. The van der Waals surface area contributed by atoms with Gasteiger partial charge in [0, 0.05) is 31.4 Å². The second-order valence-electron chi connectivity index (χ2n) is 5.37. The van der Waals surface area contributed by atoms with Gasteiger partial charge in [0.2, 0.25) is 0 Å². The van der Waals surface area contributed by atoms with E-state index in [4.69, 9.17) is 4.98 Å². The van der Waals surface area contributed by atoms with Gasteiger partial charge in [0.1, 0.15) is 5.82 Å². The van der Waals surface area contributed by atoms with E-state index >= 15 is 0 Å². The molecule has 1 fully saturated rings. The SMILES string of the molecule is Cc1ccc(-c2ccnc(C3CNCCN3C)n2)cc1. The van der Waals surface area contributed by atoms with Gasteiger partial charge in [0.05, 0.1) is 11.7 Å². The normalized spacial score (nSPS) is 20.0. The highest BCUT2D eigenvalue weighted by atomic mass is 15.2. The maximum atomic E-state index is 4.75. The van der Waals surface area contributed by atoms with Crippen LogP contribution in [0.5, 0.6) is 0 Å². The lowest BCUT2D eigenvalue weighted by Crippen LogP contribution is -2.44. The molecule has 3 rings (SSSR count). The second-order valence-corrected chi connectivity index (χ2v) is 5.37. The molecule has 1 N–H and O–H groups in total. The van der Waals surface area contributed by atoms with Crippen molar-refractivity contribution in [1.29, 1.82) is 0 Å². The van der Waals surface area contributed by atoms with Gasteiger partial charge < -0.3 is 5.32 Å². The van der Waals surface area contributed by atoms with Crippen molar-refractivity contribution in [3.8, 4) is 11.3 Å². The summed E-state index contributed by atoms with van der Waals surface area (Å²) in [6.45, 7) is 5.07. The Hall–Kier alpha value is -1.78. The number of aryl methyl sites for hydroxylation is 1. The quantitative estimate of drug-likeness (QED) is 0.905. The first-order chi connectivity index (χ1) is 9.74. The van der Waals surface area contributed by atoms with E-state index in [1.54, 1.807) is 0 Å². The van der Waals surface area contributed by atoms with Gasteiger partial charge in [-0.1, -0.05) is 29.8 Å². The van der Waals surface area contributed by atoms with Crippen molar-refractivity contribution in [2.24, 2.45) is 0 Å². The lowest BCUT2D eigenvalue weighted by molar-refractivity contribution is 0.194. The number of rotatable bonds is 2. The molecule has 104 valence electrons. The molecule has 0 bridgehead atoms.